The Morgan fingerprint density at radius 3 is 3.11 bits per heavy atom. The van der Waals surface area contributed by atoms with Crippen molar-refractivity contribution in [3.63, 3.8) is 0 Å². The molecule has 1 fully saturated rings. The fourth-order valence-electron chi connectivity index (χ4n) is 2.31. The minimum Gasteiger partial charge on any atom is -0.385 e. The summed E-state index contributed by atoms with van der Waals surface area (Å²) < 4.78 is 6.64. The number of halogens is 1. The van der Waals surface area contributed by atoms with E-state index in [0.717, 1.165) is 18.6 Å². The van der Waals surface area contributed by atoms with Crippen molar-refractivity contribution in [2.45, 2.75) is 37.2 Å². The maximum Gasteiger partial charge on any atom is 0.111 e. The standard InChI is InChI=1S/C12H19ClN2O2S/c1-12(4-3-7-18-12)11(16)10-9(13)8-14-15(10)5-6-17-2/h8,11,16H,3-7H2,1-2H3. The van der Waals surface area contributed by atoms with Crippen LogP contribution in [0, 0.1) is 0 Å². The lowest BCUT2D eigenvalue weighted by Gasteiger charge is -2.29. The maximum atomic E-state index is 10.6. The Balaban J connectivity index is 2.23. The molecule has 6 heteroatoms. The molecule has 1 aromatic heterocycles. The SMILES string of the molecule is COCCn1ncc(Cl)c1C(O)C1(C)CCCS1. The van der Waals surface area contributed by atoms with E-state index in [0.29, 0.717) is 23.9 Å². The average molecular weight is 291 g/mol. The highest BCUT2D eigenvalue weighted by molar-refractivity contribution is 8.00. The van der Waals surface area contributed by atoms with Crippen molar-refractivity contribution in [3.8, 4) is 0 Å². The second kappa shape index (κ2) is 5.82. The monoisotopic (exact) mass is 290 g/mol. The summed E-state index contributed by atoms with van der Waals surface area (Å²) in [5.41, 5.74) is 0.714. The summed E-state index contributed by atoms with van der Waals surface area (Å²) >= 11 is 7.98. The highest BCUT2D eigenvalue weighted by Crippen LogP contribution is 2.47. The molecule has 1 aromatic rings. The number of aliphatic hydroxyl groups is 1. The van der Waals surface area contributed by atoms with Gasteiger partial charge in [-0.15, -0.1) is 0 Å². The van der Waals surface area contributed by atoms with E-state index < -0.39 is 6.10 Å². The Bertz CT molecular complexity index is 405. The van der Waals surface area contributed by atoms with Gasteiger partial charge in [-0.1, -0.05) is 11.6 Å². The molecule has 1 aliphatic heterocycles. The molecule has 102 valence electrons. The first kappa shape index (κ1) is 14.2. The van der Waals surface area contributed by atoms with Crippen molar-refractivity contribution in [2.75, 3.05) is 19.5 Å². The molecule has 0 radical (unpaired) electrons. The predicted octanol–water partition coefficient (Wildman–Crippen LogP) is 2.50. The topological polar surface area (TPSA) is 47.3 Å². The summed E-state index contributed by atoms with van der Waals surface area (Å²) in [6.45, 7) is 3.26. The Labute approximate surface area is 117 Å². The number of nitrogens with zero attached hydrogens (tertiary/aromatic N) is 2. The first-order chi connectivity index (χ1) is 8.58. The number of hydrogen-bond acceptors (Lipinski definition) is 4. The molecule has 0 amide bonds. The van der Waals surface area contributed by atoms with Crippen LogP contribution in [0.15, 0.2) is 6.20 Å². The van der Waals surface area contributed by atoms with Crippen LogP contribution < -0.4 is 0 Å². The van der Waals surface area contributed by atoms with E-state index in [1.54, 1.807) is 18.0 Å². The van der Waals surface area contributed by atoms with Crippen LogP contribution in [0.3, 0.4) is 0 Å². The number of aromatic nitrogens is 2. The molecule has 2 unspecified atom stereocenters. The van der Waals surface area contributed by atoms with Crippen molar-refractivity contribution in [3.05, 3.63) is 16.9 Å². The van der Waals surface area contributed by atoms with Crippen LogP contribution in [0.25, 0.3) is 0 Å². The fourth-order valence-corrected chi connectivity index (χ4v) is 3.86. The number of methoxy groups -OCH3 is 1. The Morgan fingerprint density at radius 2 is 2.50 bits per heavy atom. The normalized spacial score (nSPS) is 25.6. The molecular formula is C12H19ClN2O2S. The van der Waals surface area contributed by atoms with E-state index in [1.165, 1.54) is 0 Å². The zero-order valence-corrected chi connectivity index (χ0v) is 12.3. The second-order valence-electron chi connectivity index (χ2n) is 4.76. The number of rotatable bonds is 5. The summed E-state index contributed by atoms with van der Waals surface area (Å²) in [6, 6.07) is 0. The number of ether oxygens (including phenoxy) is 1. The highest BCUT2D eigenvalue weighted by atomic mass is 35.5. The van der Waals surface area contributed by atoms with E-state index in [9.17, 15) is 5.11 Å². The van der Waals surface area contributed by atoms with Crippen molar-refractivity contribution < 1.29 is 9.84 Å². The van der Waals surface area contributed by atoms with Gasteiger partial charge in [-0.25, -0.2) is 0 Å². The molecule has 0 spiro atoms. The molecule has 2 rings (SSSR count). The molecular weight excluding hydrogens is 272 g/mol. The number of aliphatic hydroxyl groups excluding tert-OH is 1. The van der Waals surface area contributed by atoms with Gasteiger partial charge in [0.1, 0.15) is 6.10 Å². The molecule has 1 N–H and O–H groups in total. The van der Waals surface area contributed by atoms with Gasteiger partial charge < -0.3 is 9.84 Å². The predicted molar refractivity (Wildman–Crippen MR) is 74.2 cm³/mol. The van der Waals surface area contributed by atoms with E-state index in [4.69, 9.17) is 16.3 Å². The van der Waals surface area contributed by atoms with Crippen LogP contribution in [0.2, 0.25) is 5.02 Å². The van der Waals surface area contributed by atoms with Crippen molar-refractivity contribution in [1.29, 1.82) is 0 Å². The van der Waals surface area contributed by atoms with Crippen molar-refractivity contribution in [2.24, 2.45) is 0 Å². The summed E-state index contributed by atoms with van der Waals surface area (Å²) in [6.07, 6.45) is 3.16. The second-order valence-corrected chi connectivity index (χ2v) is 6.80. The quantitative estimate of drug-likeness (QED) is 0.905. The first-order valence-corrected chi connectivity index (χ1v) is 7.47. The third kappa shape index (κ3) is 2.69. The lowest BCUT2D eigenvalue weighted by molar-refractivity contribution is 0.120. The number of hydrogen-bond donors (Lipinski definition) is 1. The Hall–Kier alpha value is -0.230. The lowest BCUT2D eigenvalue weighted by atomic mass is 9.96. The molecule has 0 saturated carbocycles. The molecule has 4 nitrogen and oxygen atoms in total. The van der Waals surface area contributed by atoms with Crippen LogP contribution in [0.5, 0.6) is 0 Å². The van der Waals surface area contributed by atoms with E-state index in [2.05, 4.69) is 12.0 Å². The van der Waals surface area contributed by atoms with E-state index in [1.807, 2.05) is 11.8 Å². The maximum absolute atomic E-state index is 10.6. The van der Waals surface area contributed by atoms with Gasteiger partial charge in [-0.05, 0) is 25.5 Å². The van der Waals surface area contributed by atoms with Crippen molar-refractivity contribution >= 4 is 23.4 Å². The highest BCUT2D eigenvalue weighted by Gasteiger charge is 2.40. The molecule has 2 atom stereocenters. The van der Waals surface area contributed by atoms with E-state index in [-0.39, 0.29) is 4.75 Å². The average Bonchev–Trinajstić information content (AvgIpc) is 2.93. The summed E-state index contributed by atoms with van der Waals surface area (Å²) in [5, 5.41) is 15.4. The first-order valence-electron chi connectivity index (χ1n) is 6.10. The minimum atomic E-state index is -0.586. The molecule has 0 aromatic carbocycles. The molecule has 1 aliphatic rings. The van der Waals surface area contributed by atoms with Gasteiger partial charge in [0.2, 0.25) is 0 Å². The molecule has 18 heavy (non-hydrogen) atoms. The Kier molecular flexibility index (Phi) is 4.59. The third-order valence-corrected chi connectivity index (χ3v) is 5.30. The zero-order valence-electron chi connectivity index (χ0n) is 10.7. The van der Waals surface area contributed by atoms with E-state index >= 15 is 0 Å². The van der Waals surface area contributed by atoms with Gasteiger partial charge in [-0.3, -0.25) is 4.68 Å². The minimum absolute atomic E-state index is 0.158. The number of thioether (sulfide) groups is 1. The van der Waals surface area contributed by atoms with Crippen LogP contribution >= 0.6 is 23.4 Å². The molecule has 1 saturated heterocycles. The molecule has 0 bridgehead atoms. The lowest BCUT2D eigenvalue weighted by Crippen LogP contribution is -2.29. The summed E-state index contributed by atoms with van der Waals surface area (Å²) in [7, 11) is 1.65. The van der Waals surface area contributed by atoms with Crippen LogP contribution in [-0.2, 0) is 11.3 Å². The zero-order chi connectivity index (χ0) is 13.2. The summed E-state index contributed by atoms with van der Waals surface area (Å²) in [4.78, 5) is 0. The fraction of sp³-hybridized carbons (Fsp3) is 0.750. The van der Waals surface area contributed by atoms with Crippen LogP contribution in [0.1, 0.15) is 31.6 Å². The van der Waals surface area contributed by atoms with Gasteiger partial charge >= 0.3 is 0 Å². The van der Waals surface area contributed by atoms with Gasteiger partial charge in [-0.2, -0.15) is 16.9 Å². The van der Waals surface area contributed by atoms with Gasteiger partial charge in [0.25, 0.3) is 0 Å². The van der Waals surface area contributed by atoms with Gasteiger partial charge in [0, 0.05) is 11.9 Å². The summed E-state index contributed by atoms with van der Waals surface area (Å²) in [5.74, 6) is 1.09. The van der Waals surface area contributed by atoms with Gasteiger partial charge in [0.15, 0.2) is 0 Å². The largest absolute Gasteiger partial charge is 0.385 e. The van der Waals surface area contributed by atoms with Gasteiger partial charge in [0.05, 0.1) is 30.1 Å². The third-order valence-electron chi connectivity index (χ3n) is 3.43. The molecule has 2 heterocycles. The van der Waals surface area contributed by atoms with Crippen LogP contribution in [-0.4, -0.2) is 39.1 Å². The van der Waals surface area contributed by atoms with Crippen molar-refractivity contribution in [1.82, 2.24) is 9.78 Å². The Morgan fingerprint density at radius 1 is 1.72 bits per heavy atom. The smallest absolute Gasteiger partial charge is 0.111 e. The molecule has 0 aliphatic carbocycles. The van der Waals surface area contributed by atoms with Crippen LogP contribution in [0.4, 0.5) is 0 Å².